The number of nitrogens with one attached hydrogen (secondary N) is 1. The SMILES string of the molecule is O=C1CCCC2=NC(=S)NC(c3ccc(Br)cc3)C12. The maximum atomic E-state index is 12.2. The average molecular weight is 337 g/mol. The van der Waals surface area contributed by atoms with E-state index in [1.165, 1.54) is 0 Å². The fourth-order valence-electron chi connectivity index (χ4n) is 2.77. The molecule has 0 amide bonds. The predicted octanol–water partition coefficient (Wildman–Crippen LogP) is 3.19. The lowest BCUT2D eigenvalue weighted by atomic mass is 9.78. The first-order chi connectivity index (χ1) is 9.15. The van der Waals surface area contributed by atoms with E-state index in [1.807, 2.05) is 24.3 Å². The quantitative estimate of drug-likeness (QED) is 0.801. The van der Waals surface area contributed by atoms with Crippen LogP contribution in [0, 0.1) is 5.92 Å². The van der Waals surface area contributed by atoms with Crippen LogP contribution in [0.2, 0.25) is 0 Å². The standard InChI is InChI=1S/C14H13BrN2OS/c15-9-6-4-8(5-7-9)13-12-10(16-14(19)17-13)2-1-3-11(12)18/h4-7,12-13H,1-3H2,(H,17,19). The van der Waals surface area contributed by atoms with Crippen molar-refractivity contribution in [3.63, 3.8) is 0 Å². The number of ketones is 1. The van der Waals surface area contributed by atoms with E-state index in [1.54, 1.807) is 0 Å². The summed E-state index contributed by atoms with van der Waals surface area (Å²) in [5.74, 6) is 0.120. The Morgan fingerprint density at radius 3 is 2.74 bits per heavy atom. The Balaban J connectivity index is 2.00. The van der Waals surface area contributed by atoms with Crippen molar-refractivity contribution in [2.45, 2.75) is 25.3 Å². The number of halogens is 1. The zero-order valence-electron chi connectivity index (χ0n) is 10.2. The van der Waals surface area contributed by atoms with Crippen molar-refractivity contribution < 1.29 is 4.79 Å². The molecule has 2 unspecified atom stereocenters. The second-order valence-electron chi connectivity index (χ2n) is 4.88. The molecule has 2 aliphatic rings. The van der Waals surface area contributed by atoms with E-state index < -0.39 is 0 Å². The van der Waals surface area contributed by atoms with E-state index in [9.17, 15) is 4.79 Å². The highest BCUT2D eigenvalue weighted by Gasteiger charge is 2.38. The molecule has 0 bridgehead atoms. The van der Waals surface area contributed by atoms with Gasteiger partial charge in [-0.1, -0.05) is 28.1 Å². The summed E-state index contributed by atoms with van der Waals surface area (Å²) in [5, 5.41) is 3.68. The van der Waals surface area contributed by atoms with Crippen LogP contribution in [-0.2, 0) is 4.79 Å². The lowest BCUT2D eigenvalue weighted by Gasteiger charge is -2.35. The second-order valence-corrected chi connectivity index (χ2v) is 6.18. The molecule has 3 rings (SSSR count). The van der Waals surface area contributed by atoms with Crippen LogP contribution in [0.1, 0.15) is 30.9 Å². The van der Waals surface area contributed by atoms with Gasteiger partial charge in [-0.3, -0.25) is 4.79 Å². The topological polar surface area (TPSA) is 41.5 Å². The molecule has 0 saturated heterocycles. The summed E-state index contributed by atoms with van der Waals surface area (Å²) in [4.78, 5) is 16.6. The van der Waals surface area contributed by atoms with Gasteiger partial charge in [-0.15, -0.1) is 0 Å². The van der Waals surface area contributed by atoms with Crippen molar-refractivity contribution >= 4 is 44.8 Å². The van der Waals surface area contributed by atoms with Crippen LogP contribution in [0.5, 0.6) is 0 Å². The summed E-state index contributed by atoms with van der Waals surface area (Å²) in [6.07, 6.45) is 2.42. The lowest BCUT2D eigenvalue weighted by molar-refractivity contribution is -0.122. The van der Waals surface area contributed by atoms with Gasteiger partial charge in [0.1, 0.15) is 5.78 Å². The normalized spacial score (nSPS) is 26.5. The van der Waals surface area contributed by atoms with Crippen LogP contribution >= 0.6 is 28.1 Å². The molecule has 2 atom stereocenters. The number of rotatable bonds is 1. The molecule has 0 spiro atoms. The van der Waals surface area contributed by atoms with Crippen molar-refractivity contribution in [1.29, 1.82) is 0 Å². The Hall–Kier alpha value is -1.07. The summed E-state index contributed by atoms with van der Waals surface area (Å²) < 4.78 is 1.03. The van der Waals surface area contributed by atoms with Crippen LogP contribution in [0.25, 0.3) is 0 Å². The van der Waals surface area contributed by atoms with E-state index in [4.69, 9.17) is 12.2 Å². The van der Waals surface area contributed by atoms with Gasteiger partial charge in [-0.25, -0.2) is 4.99 Å². The molecule has 0 aromatic heterocycles. The van der Waals surface area contributed by atoms with Crippen molar-refractivity contribution in [3.8, 4) is 0 Å². The first-order valence-corrected chi connectivity index (χ1v) is 7.51. The van der Waals surface area contributed by atoms with E-state index in [2.05, 4.69) is 26.2 Å². The molecule has 1 N–H and O–H groups in total. The van der Waals surface area contributed by atoms with Crippen molar-refractivity contribution in [2.24, 2.45) is 10.9 Å². The number of aliphatic imine (C=N–C) groups is 1. The Morgan fingerprint density at radius 2 is 2.00 bits per heavy atom. The number of benzene rings is 1. The second kappa shape index (κ2) is 5.13. The molecule has 1 fully saturated rings. The predicted molar refractivity (Wildman–Crippen MR) is 82.4 cm³/mol. The molecule has 1 aromatic carbocycles. The molecule has 0 radical (unpaired) electrons. The minimum absolute atomic E-state index is 0.0686. The van der Waals surface area contributed by atoms with Gasteiger partial charge in [0.2, 0.25) is 0 Å². The van der Waals surface area contributed by atoms with Crippen molar-refractivity contribution in [2.75, 3.05) is 0 Å². The van der Waals surface area contributed by atoms with E-state index in [0.29, 0.717) is 11.5 Å². The van der Waals surface area contributed by atoms with Crippen LogP contribution in [0.15, 0.2) is 33.7 Å². The fraction of sp³-hybridized carbons (Fsp3) is 0.357. The van der Waals surface area contributed by atoms with Gasteiger partial charge in [0, 0.05) is 16.6 Å². The van der Waals surface area contributed by atoms with Crippen LogP contribution in [0.4, 0.5) is 0 Å². The first-order valence-electron chi connectivity index (χ1n) is 6.31. The fourth-order valence-corrected chi connectivity index (χ4v) is 3.28. The zero-order valence-corrected chi connectivity index (χ0v) is 12.6. The first kappa shape index (κ1) is 12.9. The molecule has 1 heterocycles. The number of Topliss-reactive ketones (excluding diaryl/α,β-unsaturated/α-hetero) is 1. The molecular formula is C14H13BrN2OS. The van der Waals surface area contributed by atoms with Gasteiger partial charge in [-0.05, 0) is 42.8 Å². The van der Waals surface area contributed by atoms with Gasteiger partial charge in [0.25, 0.3) is 0 Å². The van der Waals surface area contributed by atoms with Gasteiger partial charge in [0.05, 0.1) is 12.0 Å². The molecule has 98 valence electrons. The van der Waals surface area contributed by atoms with Gasteiger partial charge < -0.3 is 5.32 Å². The Morgan fingerprint density at radius 1 is 1.26 bits per heavy atom. The van der Waals surface area contributed by atoms with Crippen molar-refractivity contribution in [3.05, 3.63) is 34.3 Å². The highest BCUT2D eigenvalue weighted by Crippen LogP contribution is 2.33. The summed E-state index contributed by atoms with van der Waals surface area (Å²) >= 11 is 8.62. The number of nitrogens with zero attached hydrogens (tertiary/aromatic N) is 1. The number of hydrogen-bond donors (Lipinski definition) is 1. The maximum absolute atomic E-state index is 12.2. The molecule has 1 aliphatic heterocycles. The molecule has 1 saturated carbocycles. The Kier molecular flexibility index (Phi) is 3.50. The monoisotopic (exact) mass is 336 g/mol. The average Bonchev–Trinajstić information content (AvgIpc) is 2.38. The third-order valence-corrected chi connectivity index (χ3v) is 4.39. The minimum Gasteiger partial charge on any atom is -0.353 e. The van der Waals surface area contributed by atoms with Crippen LogP contribution in [0.3, 0.4) is 0 Å². The van der Waals surface area contributed by atoms with E-state index in [0.717, 1.165) is 28.6 Å². The van der Waals surface area contributed by atoms with Crippen molar-refractivity contribution in [1.82, 2.24) is 5.32 Å². The highest BCUT2D eigenvalue weighted by molar-refractivity contribution is 9.10. The van der Waals surface area contributed by atoms with Gasteiger partial charge in [0.15, 0.2) is 5.11 Å². The van der Waals surface area contributed by atoms with E-state index >= 15 is 0 Å². The number of carbonyl (C=O) groups excluding carboxylic acids is 1. The minimum atomic E-state index is -0.151. The Bertz CT molecular complexity index is 567. The zero-order chi connectivity index (χ0) is 13.4. The van der Waals surface area contributed by atoms with Crippen LogP contribution < -0.4 is 5.32 Å². The Labute approximate surface area is 125 Å². The van der Waals surface area contributed by atoms with Crippen LogP contribution in [-0.4, -0.2) is 16.6 Å². The summed E-state index contributed by atoms with van der Waals surface area (Å²) in [6, 6.07) is 7.95. The highest BCUT2D eigenvalue weighted by atomic mass is 79.9. The molecule has 3 nitrogen and oxygen atoms in total. The van der Waals surface area contributed by atoms with E-state index in [-0.39, 0.29) is 17.7 Å². The smallest absolute Gasteiger partial charge is 0.193 e. The number of hydrogen-bond acceptors (Lipinski definition) is 2. The molecule has 5 heteroatoms. The molecule has 19 heavy (non-hydrogen) atoms. The summed E-state index contributed by atoms with van der Waals surface area (Å²) in [6.45, 7) is 0. The molecule has 1 aromatic rings. The molecule has 1 aliphatic carbocycles. The molecular weight excluding hydrogens is 324 g/mol. The third kappa shape index (κ3) is 2.49. The largest absolute Gasteiger partial charge is 0.353 e. The summed E-state index contributed by atoms with van der Waals surface area (Å²) in [5.41, 5.74) is 2.03. The maximum Gasteiger partial charge on any atom is 0.193 e. The van der Waals surface area contributed by atoms with Gasteiger partial charge >= 0.3 is 0 Å². The number of fused-ring (bicyclic) bond motifs is 1. The third-order valence-electron chi connectivity index (χ3n) is 3.65. The summed E-state index contributed by atoms with van der Waals surface area (Å²) in [7, 11) is 0. The number of carbonyl (C=O) groups is 1. The number of thiocarbonyl (C=S) groups is 1. The lowest BCUT2D eigenvalue weighted by Crippen LogP contribution is -2.46. The van der Waals surface area contributed by atoms with Gasteiger partial charge in [-0.2, -0.15) is 0 Å².